The van der Waals surface area contributed by atoms with Gasteiger partial charge in [-0.05, 0) is 12.1 Å². The summed E-state index contributed by atoms with van der Waals surface area (Å²) in [4.78, 5) is 1.48. The molecule has 1 saturated heterocycles. The molecule has 0 aromatic heterocycles. The van der Waals surface area contributed by atoms with Crippen LogP contribution in [-0.4, -0.2) is 37.3 Å². The van der Waals surface area contributed by atoms with Gasteiger partial charge in [-0.1, -0.05) is 6.07 Å². The van der Waals surface area contributed by atoms with Gasteiger partial charge >= 0.3 is 6.18 Å². The van der Waals surface area contributed by atoms with Gasteiger partial charge < -0.3 is 5.32 Å². The highest BCUT2D eigenvalue weighted by Gasteiger charge is 2.38. The van der Waals surface area contributed by atoms with Crippen molar-refractivity contribution in [2.24, 2.45) is 0 Å². The Hall–Kier alpha value is -0.920. The third-order valence-corrected chi connectivity index (χ3v) is 3.35. The Bertz CT molecular complexity index is 440. The van der Waals surface area contributed by atoms with Crippen molar-refractivity contribution in [3.63, 3.8) is 0 Å². The fraction of sp³-hybridized carbons (Fsp3) is 0.538. The van der Waals surface area contributed by atoms with Crippen molar-refractivity contribution < 1.29 is 22.0 Å². The van der Waals surface area contributed by atoms with Crippen LogP contribution in [0.5, 0.6) is 0 Å². The number of piperazine rings is 1. The van der Waals surface area contributed by atoms with Gasteiger partial charge in [-0.3, -0.25) is 4.90 Å². The first-order valence-electron chi connectivity index (χ1n) is 6.34. The van der Waals surface area contributed by atoms with Crippen LogP contribution in [0.4, 0.5) is 22.0 Å². The lowest BCUT2D eigenvalue weighted by molar-refractivity contribution is -0.149. The summed E-state index contributed by atoms with van der Waals surface area (Å²) in [6, 6.07) is 1.81. The van der Waals surface area contributed by atoms with Gasteiger partial charge in [0, 0.05) is 37.8 Å². The fourth-order valence-corrected chi connectivity index (χ4v) is 2.46. The first kappa shape index (κ1) is 18.1. The van der Waals surface area contributed by atoms with E-state index in [1.165, 1.54) is 4.90 Å². The Kier molecular flexibility index (Phi) is 6.37. The van der Waals surface area contributed by atoms with E-state index in [0.29, 0.717) is 26.2 Å². The van der Waals surface area contributed by atoms with E-state index in [-0.39, 0.29) is 12.4 Å². The van der Waals surface area contributed by atoms with Gasteiger partial charge in [0.05, 0.1) is 6.42 Å². The third kappa shape index (κ3) is 4.79. The first-order valence-corrected chi connectivity index (χ1v) is 6.34. The van der Waals surface area contributed by atoms with E-state index in [1.807, 2.05) is 0 Å². The Morgan fingerprint density at radius 3 is 2.10 bits per heavy atom. The molecule has 2 nitrogen and oxygen atoms in total. The minimum absolute atomic E-state index is 0. The van der Waals surface area contributed by atoms with Crippen LogP contribution in [0.2, 0.25) is 0 Å². The number of hydrogen-bond donors (Lipinski definition) is 1. The summed E-state index contributed by atoms with van der Waals surface area (Å²) in [7, 11) is 0. The molecule has 0 amide bonds. The lowest BCUT2D eigenvalue weighted by atomic mass is 9.99. The molecule has 8 heteroatoms. The lowest BCUT2D eigenvalue weighted by Crippen LogP contribution is -2.46. The molecule has 0 spiro atoms. The second-order valence-corrected chi connectivity index (χ2v) is 4.76. The van der Waals surface area contributed by atoms with Gasteiger partial charge in [-0.2, -0.15) is 13.2 Å². The van der Waals surface area contributed by atoms with E-state index in [2.05, 4.69) is 5.32 Å². The molecule has 120 valence electrons. The van der Waals surface area contributed by atoms with Crippen LogP contribution in [0.25, 0.3) is 0 Å². The van der Waals surface area contributed by atoms with Gasteiger partial charge in [0.25, 0.3) is 0 Å². The molecular formula is C13H16ClF5N2. The second-order valence-electron chi connectivity index (χ2n) is 4.76. The Morgan fingerprint density at radius 1 is 1.10 bits per heavy atom. The molecule has 1 aliphatic heterocycles. The maximum atomic E-state index is 13.8. The molecular weight excluding hydrogens is 315 g/mol. The molecule has 1 heterocycles. The van der Waals surface area contributed by atoms with Gasteiger partial charge in [0.1, 0.15) is 11.6 Å². The van der Waals surface area contributed by atoms with Crippen molar-refractivity contribution in [1.82, 2.24) is 10.2 Å². The van der Waals surface area contributed by atoms with Gasteiger partial charge in [-0.25, -0.2) is 8.78 Å². The molecule has 1 aromatic rings. The van der Waals surface area contributed by atoms with Crippen molar-refractivity contribution in [3.8, 4) is 0 Å². The number of alkyl halides is 3. The van der Waals surface area contributed by atoms with E-state index in [1.54, 1.807) is 0 Å². The van der Waals surface area contributed by atoms with Crippen molar-refractivity contribution in [3.05, 3.63) is 35.4 Å². The molecule has 1 aliphatic rings. The number of nitrogens with one attached hydrogen (secondary N) is 1. The summed E-state index contributed by atoms with van der Waals surface area (Å²) in [6.07, 6.45) is -5.74. The molecule has 1 N–H and O–H groups in total. The standard InChI is InChI=1S/C13H15F5N2.ClH/c14-9-2-1-3-10(15)12(9)11(8-13(16,17)18)20-6-4-19-5-7-20;/h1-3,11,19H,4-8H2;1H/t11-;/m1./s1. The van der Waals surface area contributed by atoms with Crippen LogP contribution in [-0.2, 0) is 0 Å². The van der Waals surface area contributed by atoms with Gasteiger partial charge in [-0.15, -0.1) is 12.4 Å². The molecule has 1 aromatic carbocycles. The van der Waals surface area contributed by atoms with E-state index in [0.717, 1.165) is 18.2 Å². The second kappa shape index (κ2) is 7.38. The smallest absolute Gasteiger partial charge is 0.314 e. The fourth-order valence-electron chi connectivity index (χ4n) is 2.46. The average Bonchev–Trinajstić information content (AvgIpc) is 2.37. The van der Waals surface area contributed by atoms with Crippen molar-refractivity contribution in [1.29, 1.82) is 0 Å². The van der Waals surface area contributed by atoms with Crippen LogP contribution in [0, 0.1) is 11.6 Å². The van der Waals surface area contributed by atoms with Gasteiger partial charge in [0.15, 0.2) is 0 Å². The predicted octanol–water partition coefficient (Wildman–Crippen LogP) is 3.29. The normalized spacial score (nSPS) is 18.1. The maximum absolute atomic E-state index is 13.8. The number of halogens is 6. The molecule has 0 aliphatic carbocycles. The summed E-state index contributed by atoms with van der Waals surface area (Å²) in [5.74, 6) is -1.87. The van der Waals surface area contributed by atoms with Crippen LogP contribution in [0.1, 0.15) is 18.0 Å². The monoisotopic (exact) mass is 330 g/mol. The average molecular weight is 331 g/mol. The number of hydrogen-bond acceptors (Lipinski definition) is 2. The summed E-state index contributed by atoms with van der Waals surface area (Å²) >= 11 is 0. The van der Waals surface area contributed by atoms with Crippen molar-refractivity contribution in [2.75, 3.05) is 26.2 Å². The summed E-state index contributed by atoms with van der Waals surface area (Å²) in [6.45, 7) is 1.66. The van der Waals surface area contributed by atoms with Gasteiger partial charge in [0.2, 0.25) is 0 Å². The van der Waals surface area contributed by atoms with Crippen molar-refractivity contribution >= 4 is 12.4 Å². The summed E-state index contributed by atoms with van der Waals surface area (Å²) < 4.78 is 65.7. The molecule has 0 saturated carbocycles. The van der Waals surface area contributed by atoms with E-state index in [4.69, 9.17) is 0 Å². The molecule has 2 rings (SSSR count). The molecule has 21 heavy (non-hydrogen) atoms. The molecule has 1 atom stereocenters. The molecule has 0 bridgehead atoms. The molecule has 0 radical (unpaired) electrons. The van der Waals surface area contributed by atoms with Crippen molar-refractivity contribution in [2.45, 2.75) is 18.6 Å². The highest BCUT2D eigenvalue weighted by Crippen LogP contribution is 2.36. The molecule has 1 fully saturated rings. The third-order valence-electron chi connectivity index (χ3n) is 3.35. The Balaban J connectivity index is 0.00000220. The predicted molar refractivity (Wildman–Crippen MR) is 71.5 cm³/mol. The van der Waals surface area contributed by atoms with Crippen LogP contribution < -0.4 is 5.32 Å². The summed E-state index contributed by atoms with van der Waals surface area (Å²) in [5.41, 5.74) is -0.494. The zero-order chi connectivity index (χ0) is 14.8. The number of benzene rings is 1. The van der Waals surface area contributed by atoms with E-state index in [9.17, 15) is 22.0 Å². The topological polar surface area (TPSA) is 15.3 Å². The largest absolute Gasteiger partial charge is 0.390 e. The van der Waals surface area contributed by atoms with E-state index < -0.39 is 35.8 Å². The van der Waals surface area contributed by atoms with Crippen LogP contribution >= 0.6 is 12.4 Å². The number of nitrogens with zero attached hydrogens (tertiary/aromatic N) is 1. The van der Waals surface area contributed by atoms with Crippen LogP contribution in [0.3, 0.4) is 0 Å². The Labute approximate surface area is 125 Å². The summed E-state index contributed by atoms with van der Waals surface area (Å²) in [5, 5.41) is 3.00. The SMILES string of the molecule is Cl.Fc1cccc(F)c1[C@@H](CC(F)(F)F)N1CCNCC1. The zero-order valence-electron chi connectivity index (χ0n) is 11.1. The quantitative estimate of drug-likeness (QED) is 0.856. The first-order chi connectivity index (χ1) is 9.38. The highest BCUT2D eigenvalue weighted by atomic mass is 35.5. The molecule has 0 unspecified atom stereocenters. The Morgan fingerprint density at radius 2 is 1.62 bits per heavy atom. The zero-order valence-corrected chi connectivity index (χ0v) is 11.9. The maximum Gasteiger partial charge on any atom is 0.390 e. The van der Waals surface area contributed by atoms with Crippen LogP contribution in [0.15, 0.2) is 18.2 Å². The minimum atomic E-state index is -4.48. The van der Waals surface area contributed by atoms with E-state index >= 15 is 0 Å². The minimum Gasteiger partial charge on any atom is -0.314 e. The highest BCUT2D eigenvalue weighted by molar-refractivity contribution is 5.85. The number of rotatable bonds is 3. The lowest BCUT2D eigenvalue weighted by Gasteiger charge is -2.35.